The highest BCUT2D eigenvalue weighted by atomic mass is 14.3. The smallest absolute Gasteiger partial charge is 0.0233 e. The monoisotopic (exact) mass is 358 g/mol. The third-order valence-corrected chi connectivity index (χ3v) is 7.17. The van der Waals surface area contributed by atoms with E-state index in [0.717, 1.165) is 23.7 Å². The van der Waals surface area contributed by atoms with Gasteiger partial charge < -0.3 is 0 Å². The maximum Gasteiger partial charge on any atom is -0.0233 e. The van der Waals surface area contributed by atoms with Gasteiger partial charge in [-0.05, 0) is 75.5 Å². The molecule has 0 aliphatic heterocycles. The SMILES string of the molecule is CC=CCC[C@H]1CC[C@H](CCCCC2CCC(C=CCCC)CC2)CC1. The number of allylic oxidation sites excluding steroid dienone is 4. The van der Waals surface area contributed by atoms with Crippen LogP contribution < -0.4 is 0 Å². The molecule has 0 radical (unpaired) electrons. The summed E-state index contributed by atoms with van der Waals surface area (Å²) < 4.78 is 0. The molecule has 2 aliphatic rings. The molecule has 26 heavy (non-hydrogen) atoms. The molecule has 0 aromatic rings. The van der Waals surface area contributed by atoms with E-state index < -0.39 is 0 Å². The van der Waals surface area contributed by atoms with E-state index in [1.54, 1.807) is 0 Å². The van der Waals surface area contributed by atoms with Crippen LogP contribution in [0.3, 0.4) is 0 Å². The molecule has 0 heteroatoms. The molecule has 0 heterocycles. The highest BCUT2D eigenvalue weighted by Crippen LogP contribution is 2.36. The molecule has 2 fully saturated rings. The second kappa shape index (κ2) is 13.6. The zero-order valence-electron chi connectivity index (χ0n) is 17.9. The average Bonchev–Trinajstić information content (AvgIpc) is 2.68. The third kappa shape index (κ3) is 8.92. The van der Waals surface area contributed by atoms with Crippen LogP contribution in [-0.4, -0.2) is 0 Å². The van der Waals surface area contributed by atoms with E-state index in [-0.39, 0.29) is 0 Å². The standard InChI is InChI=1S/C26H46/c1-3-5-7-11-23-15-19-25(20-16-23)13-9-10-14-26-21-17-24(18-22-26)12-8-6-4-2/h3,5,8,12,23-26H,4,6-7,9-11,13-22H2,1-2H3/t23-,24?,25-,26?. The summed E-state index contributed by atoms with van der Waals surface area (Å²) in [7, 11) is 0. The van der Waals surface area contributed by atoms with Crippen LogP contribution in [-0.2, 0) is 0 Å². The van der Waals surface area contributed by atoms with Crippen molar-refractivity contribution in [3.63, 3.8) is 0 Å². The van der Waals surface area contributed by atoms with Crippen LogP contribution in [0.15, 0.2) is 24.3 Å². The van der Waals surface area contributed by atoms with Gasteiger partial charge in [-0.2, -0.15) is 0 Å². The lowest BCUT2D eigenvalue weighted by molar-refractivity contribution is 0.243. The Morgan fingerprint density at radius 3 is 1.73 bits per heavy atom. The molecule has 0 spiro atoms. The van der Waals surface area contributed by atoms with Crippen molar-refractivity contribution >= 4 is 0 Å². The van der Waals surface area contributed by atoms with E-state index in [2.05, 4.69) is 38.2 Å². The summed E-state index contributed by atoms with van der Waals surface area (Å²) in [6.45, 7) is 4.42. The summed E-state index contributed by atoms with van der Waals surface area (Å²) in [4.78, 5) is 0. The molecule has 0 N–H and O–H groups in total. The van der Waals surface area contributed by atoms with Gasteiger partial charge in [0, 0.05) is 0 Å². The lowest BCUT2D eigenvalue weighted by atomic mass is 9.77. The molecule has 0 saturated heterocycles. The molecule has 2 saturated carbocycles. The summed E-state index contributed by atoms with van der Waals surface area (Å²) in [5, 5.41) is 0. The fraction of sp³-hybridized carbons (Fsp3) is 0.846. The first-order valence-corrected chi connectivity index (χ1v) is 12.1. The summed E-state index contributed by atoms with van der Waals surface area (Å²) >= 11 is 0. The Kier molecular flexibility index (Phi) is 11.4. The predicted octanol–water partition coefficient (Wildman–Crippen LogP) is 8.87. The highest BCUT2D eigenvalue weighted by Gasteiger charge is 2.21. The first-order valence-electron chi connectivity index (χ1n) is 12.1. The minimum Gasteiger partial charge on any atom is -0.0917 e. The largest absolute Gasteiger partial charge is 0.0917 e. The summed E-state index contributed by atoms with van der Waals surface area (Å²) in [6, 6.07) is 0. The molecule has 0 nitrogen and oxygen atoms in total. The van der Waals surface area contributed by atoms with E-state index in [0.29, 0.717) is 0 Å². The molecule has 0 unspecified atom stereocenters. The molecular weight excluding hydrogens is 312 g/mol. The van der Waals surface area contributed by atoms with Crippen LogP contribution in [0.1, 0.15) is 117 Å². The molecule has 0 amide bonds. The van der Waals surface area contributed by atoms with Crippen molar-refractivity contribution in [2.45, 2.75) is 117 Å². The minimum absolute atomic E-state index is 0.904. The number of hydrogen-bond acceptors (Lipinski definition) is 0. The van der Waals surface area contributed by atoms with Crippen molar-refractivity contribution in [3.8, 4) is 0 Å². The summed E-state index contributed by atoms with van der Waals surface area (Å²) in [5.41, 5.74) is 0. The molecule has 0 aromatic carbocycles. The molecule has 0 bridgehead atoms. The van der Waals surface area contributed by atoms with Gasteiger partial charge in [0.05, 0.1) is 0 Å². The zero-order chi connectivity index (χ0) is 18.5. The van der Waals surface area contributed by atoms with Gasteiger partial charge in [-0.15, -0.1) is 0 Å². The Balaban J connectivity index is 1.46. The van der Waals surface area contributed by atoms with Crippen molar-refractivity contribution in [2.75, 3.05) is 0 Å². The molecule has 150 valence electrons. The van der Waals surface area contributed by atoms with Crippen molar-refractivity contribution in [2.24, 2.45) is 23.7 Å². The number of unbranched alkanes of at least 4 members (excludes halogenated alkanes) is 2. The second-order valence-corrected chi connectivity index (χ2v) is 9.32. The Bertz CT molecular complexity index is 375. The van der Waals surface area contributed by atoms with Crippen molar-refractivity contribution < 1.29 is 0 Å². The zero-order valence-corrected chi connectivity index (χ0v) is 17.9. The molecule has 0 atom stereocenters. The van der Waals surface area contributed by atoms with Crippen LogP contribution in [0, 0.1) is 23.7 Å². The van der Waals surface area contributed by atoms with E-state index in [1.165, 1.54) is 103 Å². The van der Waals surface area contributed by atoms with Gasteiger partial charge >= 0.3 is 0 Å². The fourth-order valence-electron chi connectivity index (χ4n) is 5.30. The van der Waals surface area contributed by atoms with Crippen LogP contribution >= 0.6 is 0 Å². The van der Waals surface area contributed by atoms with Gasteiger partial charge in [-0.3, -0.25) is 0 Å². The maximum atomic E-state index is 2.52. The van der Waals surface area contributed by atoms with Gasteiger partial charge in [0.2, 0.25) is 0 Å². The van der Waals surface area contributed by atoms with E-state index >= 15 is 0 Å². The maximum absolute atomic E-state index is 2.52. The fourth-order valence-corrected chi connectivity index (χ4v) is 5.30. The van der Waals surface area contributed by atoms with Crippen LogP contribution in [0.2, 0.25) is 0 Å². The lowest BCUT2D eigenvalue weighted by Crippen LogP contribution is -2.15. The van der Waals surface area contributed by atoms with Gasteiger partial charge in [0.1, 0.15) is 0 Å². The lowest BCUT2D eigenvalue weighted by Gasteiger charge is -2.29. The van der Waals surface area contributed by atoms with Gasteiger partial charge in [-0.25, -0.2) is 0 Å². The first kappa shape index (κ1) is 21.8. The number of hydrogen-bond donors (Lipinski definition) is 0. The molecule has 0 aromatic heterocycles. The van der Waals surface area contributed by atoms with Crippen molar-refractivity contribution in [1.82, 2.24) is 0 Å². The van der Waals surface area contributed by atoms with E-state index in [9.17, 15) is 0 Å². The van der Waals surface area contributed by atoms with Crippen LogP contribution in [0.4, 0.5) is 0 Å². The quantitative estimate of drug-likeness (QED) is 0.255. The van der Waals surface area contributed by atoms with Gasteiger partial charge in [0.15, 0.2) is 0 Å². The first-order chi connectivity index (χ1) is 12.8. The predicted molar refractivity (Wildman–Crippen MR) is 117 cm³/mol. The number of rotatable bonds is 11. The van der Waals surface area contributed by atoms with E-state index in [4.69, 9.17) is 0 Å². The normalized spacial score (nSPS) is 30.4. The van der Waals surface area contributed by atoms with Gasteiger partial charge in [-0.1, -0.05) is 89.0 Å². The summed E-state index contributed by atoms with van der Waals surface area (Å²) in [6.07, 6.45) is 32.9. The Hall–Kier alpha value is -0.520. The third-order valence-electron chi connectivity index (χ3n) is 7.17. The van der Waals surface area contributed by atoms with Crippen LogP contribution in [0.25, 0.3) is 0 Å². The molecule has 2 aliphatic carbocycles. The highest BCUT2D eigenvalue weighted by molar-refractivity contribution is 4.90. The van der Waals surface area contributed by atoms with Crippen LogP contribution in [0.5, 0.6) is 0 Å². The molecular formula is C26H46. The Morgan fingerprint density at radius 1 is 0.654 bits per heavy atom. The minimum atomic E-state index is 0.904. The average molecular weight is 359 g/mol. The summed E-state index contributed by atoms with van der Waals surface area (Å²) in [5.74, 6) is 4.05. The Morgan fingerprint density at radius 2 is 1.19 bits per heavy atom. The second-order valence-electron chi connectivity index (χ2n) is 9.32. The topological polar surface area (TPSA) is 0 Å². The van der Waals surface area contributed by atoms with Crippen molar-refractivity contribution in [1.29, 1.82) is 0 Å². The van der Waals surface area contributed by atoms with Gasteiger partial charge in [0.25, 0.3) is 0 Å². The molecule has 2 rings (SSSR count). The van der Waals surface area contributed by atoms with E-state index in [1.807, 2.05) is 0 Å². The Labute approximate surface area is 164 Å². The van der Waals surface area contributed by atoms with Crippen molar-refractivity contribution in [3.05, 3.63) is 24.3 Å².